The molecule has 0 spiro atoms. The minimum atomic E-state index is -0.995. The number of thioether (sulfide) groups is 1. The molecule has 0 aromatic heterocycles. The van der Waals surface area contributed by atoms with E-state index in [1.807, 2.05) is 31.2 Å². The second-order valence-corrected chi connectivity index (χ2v) is 8.24. The third-order valence-corrected chi connectivity index (χ3v) is 5.61. The minimum absolute atomic E-state index is 0.155. The number of carbonyl (C=O) groups excluding carboxylic acids is 4. The van der Waals surface area contributed by atoms with E-state index >= 15 is 0 Å². The van der Waals surface area contributed by atoms with E-state index in [1.54, 1.807) is 37.3 Å². The first-order valence-corrected chi connectivity index (χ1v) is 11.1. The lowest BCUT2D eigenvalue weighted by Gasteiger charge is -2.19. The molecule has 1 fully saturated rings. The molecule has 2 aromatic rings. The van der Waals surface area contributed by atoms with Crippen molar-refractivity contribution in [3.8, 4) is 5.75 Å². The molecule has 0 unspecified atom stereocenters. The summed E-state index contributed by atoms with van der Waals surface area (Å²) >= 11 is 0.767. The van der Waals surface area contributed by atoms with Gasteiger partial charge in [-0.3, -0.25) is 19.3 Å². The molecule has 1 aliphatic heterocycles. The number of esters is 1. The van der Waals surface area contributed by atoms with Crippen molar-refractivity contribution in [3.63, 3.8) is 0 Å². The fourth-order valence-electron chi connectivity index (χ4n) is 2.98. The highest BCUT2D eigenvalue weighted by atomic mass is 32.2. The van der Waals surface area contributed by atoms with Crippen LogP contribution < -0.4 is 10.1 Å². The van der Waals surface area contributed by atoms with Crippen LogP contribution in [-0.4, -0.2) is 47.2 Å². The number of amides is 3. The number of rotatable bonds is 8. The number of nitrogens with one attached hydrogen (secondary N) is 1. The molecule has 0 aliphatic carbocycles. The summed E-state index contributed by atoms with van der Waals surface area (Å²) in [4.78, 5) is 49.9. The molecule has 0 bridgehead atoms. The van der Waals surface area contributed by atoms with Crippen LogP contribution in [0.1, 0.15) is 25.0 Å². The van der Waals surface area contributed by atoms with Crippen LogP contribution in [0.25, 0.3) is 6.08 Å². The van der Waals surface area contributed by atoms with Gasteiger partial charge in [0, 0.05) is 5.69 Å². The van der Waals surface area contributed by atoms with E-state index in [2.05, 4.69) is 5.32 Å². The predicted molar refractivity (Wildman–Crippen MR) is 126 cm³/mol. The van der Waals surface area contributed by atoms with Gasteiger partial charge < -0.3 is 14.8 Å². The Hall–Kier alpha value is -3.59. The molecule has 1 N–H and O–H groups in total. The van der Waals surface area contributed by atoms with Crippen LogP contribution in [0, 0.1) is 6.92 Å². The van der Waals surface area contributed by atoms with Gasteiger partial charge >= 0.3 is 5.97 Å². The largest absolute Gasteiger partial charge is 0.484 e. The summed E-state index contributed by atoms with van der Waals surface area (Å²) in [6.07, 6.45) is 1.57. The average Bonchev–Trinajstić information content (AvgIpc) is 3.07. The molecule has 0 radical (unpaired) electrons. The molecule has 1 aliphatic rings. The van der Waals surface area contributed by atoms with E-state index in [4.69, 9.17) is 9.47 Å². The number of imide groups is 1. The van der Waals surface area contributed by atoms with E-state index in [-0.39, 0.29) is 24.0 Å². The molecule has 8 nitrogen and oxygen atoms in total. The third-order valence-electron chi connectivity index (χ3n) is 4.72. The number of carbonyl (C=O) groups is 4. The third kappa shape index (κ3) is 6.23. The lowest BCUT2D eigenvalue weighted by Crippen LogP contribution is -2.42. The normalized spacial score (nSPS) is 15.5. The van der Waals surface area contributed by atoms with E-state index in [0.29, 0.717) is 17.0 Å². The molecule has 33 heavy (non-hydrogen) atoms. The van der Waals surface area contributed by atoms with Crippen LogP contribution in [0.15, 0.2) is 53.4 Å². The van der Waals surface area contributed by atoms with Gasteiger partial charge in [-0.15, -0.1) is 0 Å². The maximum atomic E-state index is 12.6. The van der Waals surface area contributed by atoms with Crippen molar-refractivity contribution in [2.75, 3.05) is 18.5 Å². The maximum Gasteiger partial charge on any atom is 0.329 e. The van der Waals surface area contributed by atoms with Crippen LogP contribution in [0.5, 0.6) is 5.75 Å². The van der Waals surface area contributed by atoms with Crippen LogP contribution in [0.3, 0.4) is 0 Å². The molecule has 1 heterocycles. The molecule has 1 saturated heterocycles. The van der Waals surface area contributed by atoms with E-state index in [1.165, 1.54) is 6.92 Å². The fourth-order valence-corrected chi connectivity index (χ4v) is 3.88. The Labute approximate surface area is 195 Å². The first kappa shape index (κ1) is 24.1. The Morgan fingerprint density at radius 3 is 2.39 bits per heavy atom. The van der Waals surface area contributed by atoms with Gasteiger partial charge in [-0.25, -0.2) is 4.79 Å². The predicted octanol–water partition coefficient (Wildman–Crippen LogP) is 4.00. The van der Waals surface area contributed by atoms with Gasteiger partial charge in [0.05, 0.1) is 11.5 Å². The average molecular weight is 469 g/mol. The van der Waals surface area contributed by atoms with E-state index < -0.39 is 23.2 Å². The molecular weight excluding hydrogens is 444 g/mol. The summed E-state index contributed by atoms with van der Waals surface area (Å²) in [6, 6.07) is 13.2. The van der Waals surface area contributed by atoms with Crippen LogP contribution in [-0.2, 0) is 19.1 Å². The van der Waals surface area contributed by atoms with Crippen molar-refractivity contribution in [2.24, 2.45) is 0 Å². The van der Waals surface area contributed by atoms with Gasteiger partial charge in [-0.1, -0.05) is 29.8 Å². The van der Waals surface area contributed by atoms with Crippen LogP contribution >= 0.6 is 11.8 Å². The van der Waals surface area contributed by atoms with E-state index in [9.17, 15) is 19.2 Å². The molecule has 1 atom stereocenters. The first-order chi connectivity index (χ1) is 15.8. The number of hydrogen-bond donors (Lipinski definition) is 1. The Kier molecular flexibility index (Phi) is 7.89. The lowest BCUT2D eigenvalue weighted by atomic mass is 10.2. The molecule has 172 valence electrons. The molecule has 0 saturated carbocycles. The molecule has 2 aromatic carbocycles. The Balaban J connectivity index is 1.58. The van der Waals surface area contributed by atoms with Crippen molar-refractivity contribution in [1.29, 1.82) is 0 Å². The van der Waals surface area contributed by atoms with E-state index in [0.717, 1.165) is 22.2 Å². The molecule has 3 rings (SSSR count). The smallest absolute Gasteiger partial charge is 0.329 e. The molecular formula is C24H24N2O6S. The highest BCUT2D eigenvalue weighted by Gasteiger charge is 2.41. The van der Waals surface area contributed by atoms with Crippen LogP contribution in [0.4, 0.5) is 10.5 Å². The molecule has 9 heteroatoms. The van der Waals surface area contributed by atoms with Gasteiger partial charge in [0.25, 0.3) is 17.1 Å². The van der Waals surface area contributed by atoms with Crippen LogP contribution in [0.2, 0.25) is 0 Å². The van der Waals surface area contributed by atoms with Crippen molar-refractivity contribution in [1.82, 2.24) is 4.90 Å². The first-order valence-electron chi connectivity index (χ1n) is 10.3. The number of aryl methyl sites for hydroxylation is 1. The lowest BCUT2D eigenvalue weighted by molar-refractivity contribution is -0.150. The van der Waals surface area contributed by atoms with Crippen molar-refractivity contribution in [2.45, 2.75) is 26.8 Å². The summed E-state index contributed by atoms with van der Waals surface area (Å²) in [6.45, 7) is 5.09. The Morgan fingerprint density at radius 2 is 1.76 bits per heavy atom. The zero-order chi connectivity index (χ0) is 24.0. The maximum absolute atomic E-state index is 12.6. The number of anilines is 1. The Bertz CT molecular complexity index is 1080. The Morgan fingerprint density at radius 1 is 1.09 bits per heavy atom. The van der Waals surface area contributed by atoms with Crippen molar-refractivity contribution >= 4 is 46.5 Å². The standard InChI is InChI=1S/C24H24N2O6S/c1-4-31-23(29)16(3)26-22(28)20(33-24(26)30)13-17-7-11-19(12-8-17)32-14-21(27)25-18-9-5-15(2)6-10-18/h5-13,16H,4,14H2,1-3H3,(H,25,27)/b20-13-/t16-/m0/s1. The second-order valence-electron chi connectivity index (χ2n) is 7.25. The highest BCUT2D eigenvalue weighted by Crippen LogP contribution is 2.34. The minimum Gasteiger partial charge on any atom is -0.484 e. The number of nitrogens with zero attached hydrogens (tertiary/aromatic N) is 1. The monoisotopic (exact) mass is 468 g/mol. The van der Waals surface area contributed by atoms with Gasteiger partial charge in [-0.05, 0) is 68.4 Å². The summed E-state index contributed by atoms with van der Waals surface area (Å²) in [7, 11) is 0. The topological polar surface area (TPSA) is 102 Å². The number of benzene rings is 2. The van der Waals surface area contributed by atoms with Crippen molar-refractivity contribution in [3.05, 3.63) is 64.6 Å². The zero-order valence-corrected chi connectivity index (χ0v) is 19.3. The summed E-state index contributed by atoms with van der Waals surface area (Å²) < 4.78 is 10.4. The fraction of sp³-hybridized carbons (Fsp3) is 0.250. The number of ether oxygens (including phenoxy) is 2. The number of hydrogen-bond acceptors (Lipinski definition) is 7. The van der Waals surface area contributed by atoms with Gasteiger partial charge in [0.2, 0.25) is 0 Å². The summed E-state index contributed by atoms with van der Waals surface area (Å²) in [5.41, 5.74) is 2.46. The summed E-state index contributed by atoms with van der Waals surface area (Å²) in [5.74, 6) is -0.977. The summed E-state index contributed by atoms with van der Waals surface area (Å²) in [5, 5.41) is 2.23. The van der Waals surface area contributed by atoms with Crippen molar-refractivity contribution < 1.29 is 28.7 Å². The van der Waals surface area contributed by atoms with Gasteiger partial charge in [0.15, 0.2) is 6.61 Å². The SMILES string of the molecule is CCOC(=O)[C@H](C)N1C(=O)S/C(=C\c2ccc(OCC(=O)Nc3ccc(C)cc3)cc2)C1=O. The van der Waals surface area contributed by atoms with Gasteiger partial charge in [-0.2, -0.15) is 0 Å². The second kappa shape index (κ2) is 10.8. The highest BCUT2D eigenvalue weighted by molar-refractivity contribution is 8.18. The van der Waals surface area contributed by atoms with Gasteiger partial charge in [0.1, 0.15) is 11.8 Å². The zero-order valence-electron chi connectivity index (χ0n) is 18.5. The molecule has 3 amide bonds. The quantitative estimate of drug-likeness (QED) is 0.461.